The van der Waals surface area contributed by atoms with Crippen molar-refractivity contribution in [3.05, 3.63) is 51.7 Å². The van der Waals surface area contributed by atoms with Crippen molar-refractivity contribution >= 4 is 5.91 Å². The fourth-order valence-electron chi connectivity index (χ4n) is 2.16. The van der Waals surface area contributed by atoms with Crippen molar-refractivity contribution in [2.75, 3.05) is 6.54 Å². The summed E-state index contributed by atoms with van der Waals surface area (Å²) in [6, 6.07) is 3.46. The van der Waals surface area contributed by atoms with Gasteiger partial charge in [-0.2, -0.15) is 0 Å². The Morgan fingerprint density at radius 2 is 2.28 bits per heavy atom. The lowest BCUT2D eigenvalue weighted by Gasteiger charge is -2.26. The second-order valence-corrected chi connectivity index (χ2v) is 4.25. The molecule has 1 amide bonds. The predicted molar refractivity (Wildman–Crippen MR) is 64.1 cm³/mol. The highest BCUT2D eigenvalue weighted by Gasteiger charge is 2.24. The minimum absolute atomic E-state index is 0.0886. The van der Waals surface area contributed by atoms with Gasteiger partial charge >= 0.3 is 0 Å². The van der Waals surface area contributed by atoms with Gasteiger partial charge in [0.25, 0.3) is 11.5 Å². The third kappa shape index (κ3) is 1.71. The SMILES string of the molecule is O=C(c1cccnc1)N1CCc2[nH][nH]c(=O)c2C1. The molecule has 0 aromatic carbocycles. The Balaban J connectivity index is 1.86. The van der Waals surface area contributed by atoms with Crippen LogP contribution < -0.4 is 5.56 Å². The van der Waals surface area contributed by atoms with Crippen molar-refractivity contribution in [1.29, 1.82) is 0 Å². The molecule has 0 saturated carbocycles. The monoisotopic (exact) mass is 244 g/mol. The lowest BCUT2D eigenvalue weighted by molar-refractivity contribution is 0.0733. The largest absolute Gasteiger partial charge is 0.334 e. The van der Waals surface area contributed by atoms with Crippen LogP contribution in [-0.4, -0.2) is 32.5 Å². The number of carbonyl (C=O) groups excluding carboxylic acids is 1. The molecule has 0 saturated heterocycles. The molecule has 1 aliphatic heterocycles. The van der Waals surface area contributed by atoms with Gasteiger partial charge in [0.1, 0.15) is 0 Å². The third-order valence-electron chi connectivity index (χ3n) is 3.14. The predicted octanol–water partition coefficient (Wildman–Crippen LogP) is 0.296. The molecule has 0 bridgehead atoms. The lowest BCUT2D eigenvalue weighted by atomic mass is 10.1. The quantitative estimate of drug-likeness (QED) is 0.756. The van der Waals surface area contributed by atoms with E-state index in [1.165, 1.54) is 0 Å². The molecule has 18 heavy (non-hydrogen) atoms. The van der Waals surface area contributed by atoms with Crippen LogP contribution in [0.25, 0.3) is 0 Å². The normalized spacial score (nSPS) is 14.3. The molecule has 3 heterocycles. The lowest BCUT2D eigenvalue weighted by Crippen LogP contribution is -2.37. The summed E-state index contributed by atoms with van der Waals surface area (Å²) in [5.74, 6) is -0.0886. The molecular formula is C12H12N4O2. The Morgan fingerprint density at radius 1 is 1.39 bits per heavy atom. The molecule has 0 spiro atoms. The Hall–Kier alpha value is -2.37. The van der Waals surface area contributed by atoms with E-state index in [4.69, 9.17) is 0 Å². The Kier molecular flexibility index (Phi) is 2.47. The van der Waals surface area contributed by atoms with Gasteiger partial charge < -0.3 is 10.00 Å². The van der Waals surface area contributed by atoms with Crippen LogP contribution in [0.3, 0.4) is 0 Å². The molecule has 3 rings (SSSR count). The van der Waals surface area contributed by atoms with Crippen LogP contribution in [0.2, 0.25) is 0 Å². The number of hydrogen-bond acceptors (Lipinski definition) is 3. The van der Waals surface area contributed by atoms with E-state index in [-0.39, 0.29) is 11.5 Å². The summed E-state index contributed by atoms with van der Waals surface area (Å²) in [6.07, 6.45) is 3.83. The minimum Gasteiger partial charge on any atom is -0.334 e. The molecule has 6 nitrogen and oxygen atoms in total. The van der Waals surface area contributed by atoms with Crippen molar-refractivity contribution in [3.8, 4) is 0 Å². The second-order valence-electron chi connectivity index (χ2n) is 4.25. The fourth-order valence-corrected chi connectivity index (χ4v) is 2.16. The van der Waals surface area contributed by atoms with E-state index in [1.807, 2.05) is 0 Å². The summed E-state index contributed by atoms with van der Waals surface area (Å²) < 4.78 is 0. The van der Waals surface area contributed by atoms with Gasteiger partial charge in [-0.1, -0.05) is 0 Å². The topological polar surface area (TPSA) is 81.8 Å². The van der Waals surface area contributed by atoms with E-state index < -0.39 is 0 Å². The molecule has 1 aliphatic rings. The van der Waals surface area contributed by atoms with Gasteiger partial charge in [0.05, 0.1) is 17.7 Å². The first-order chi connectivity index (χ1) is 8.75. The van der Waals surface area contributed by atoms with Crippen molar-refractivity contribution in [3.63, 3.8) is 0 Å². The van der Waals surface area contributed by atoms with Gasteiger partial charge in [-0.3, -0.25) is 19.7 Å². The Labute approximate surface area is 103 Å². The zero-order valence-corrected chi connectivity index (χ0v) is 9.64. The zero-order chi connectivity index (χ0) is 12.5. The number of H-pyrrole nitrogens is 2. The third-order valence-corrected chi connectivity index (χ3v) is 3.14. The van der Waals surface area contributed by atoms with Crippen molar-refractivity contribution in [2.24, 2.45) is 0 Å². The summed E-state index contributed by atoms with van der Waals surface area (Å²) in [5, 5.41) is 5.38. The van der Waals surface area contributed by atoms with Crippen LogP contribution in [0.5, 0.6) is 0 Å². The number of hydrogen-bond donors (Lipinski definition) is 2. The highest BCUT2D eigenvalue weighted by atomic mass is 16.2. The number of aromatic nitrogens is 3. The number of nitrogens with one attached hydrogen (secondary N) is 2. The maximum absolute atomic E-state index is 12.2. The molecule has 0 unspecified atom stereocenters. The first kappa shape index (κ1) is 10.8. The molecular weight excluding hydrogens is 232 g/mol. The molecule has 0 aliphatic carbocycles. The number of aromatic amines is 2. The van der Waals surface area contributed by atoms with Gasteiger partial charge in [-0.05, 0) is 12.1 Å². The second kappa shape index (κ2) is 4.14. The van der Waals surface area contributed by atoms with Gasteiger partial charge in [0, 0.05) is 31.1 Å². The van der Waals surface area contributed by atoms with E-state index in [2.05, 4.69) is 15.2 Å². The molecule has 0 radical (unpaired) electrons. The van der Waals surface area contributed by atoms with E-state index in [0.717, 1.165) is 5.69 Å². The first-order valence-corrected chi connectivity index (χ1v) is 5.73. The standard InChI is InChI=1S/C12H12N4O2/c17-11-9-7-16(5-3-10(9)14-15-11)12(18)8-2-1-4-13-6-8/h1-2,4,6H,3,5,7H2,(H2,14,15,17). The van der Waals surface area contributed by atoms with E-state index >= 15 is 0 Å². The molecule has 0 atom stereocenters. The van der Waals surface area contributed by atoms with E-state index in [1.54, 1.807) is 29.4 Å². The molecule has 2 N–H and O–H groups in total. The zero-order valence-electron chi connectivity index (χ0n) is 9.64. The highest BCUT2D eigenvalue weighted by Crippen LogP contribution is 2.15. The summed E-state index contributed by atoms with van der Waals surface area (Å²) in [7, 11) is 0. The number of nitrogens with zero attached hydrogens (tertiary/aromatic N) is 2. The smallest absolute Gasteiger partial charge is 0.269 e. The molecule has 92 valence electrons. The number of carbonyl (C=O) groups is 1. The number of pyridine rings is 1. The van der Waals surface area contributed by atoms with E-state index in [9.17, 15) is 9.59 Å². The molecule has 2 aromatic rings. The van der Waals surface area contributed by atoms with Crippen LogP contribution >= 0.6 is 0 Å². The average molecular weight is 244 g/mol. The fraction of sp³-hybridized carbons (Fsp3) is 0.250. The minimum atomic E-state index is -0.145. The van der Waals surface area contributed by atoms with Gasteiger partial charge in [0.15, 0.2) is 0 Å². The first-order valence-electron chi connectivity index (χ1n) is 5.73. The molecule has 2 aromatic heterocycles. The summed E-state index contributed by atoms with van der Waals surface area (Å²) in [4.78, 5) is 29.3. The van der Waals surface area contributed by atoms with Crippen LogP contribution in [0.4, 0.5) is 0 Å². The van der Waals surface area contributed by atoms with Crippen LogP contribution in [0.15, 0.2) is 29.3 Å². The van der Waals surface area contributed by atoms with Crippen LogP contribution in [-0.2, 0) is 13.0 Å². The van der Waals surface area contributed by atoms with Crippen molar-refractivity contribution in [2.45, 2.75) is 13.0 Å². The Bertz CT molecular complexity index is 629. The summed E-state index contributed by atoms with van der Waals surface area (Å²) in [5.41, 5.74) is 1.95. The Morgan fingerprint density at radius 3 is 3.06 bits per heavy atom. The number of fused-ring (bicyclic) bond motifs is 1. The number of rotatable bonds is 1. The summed E-state index contributed by atoms with van der Waals surface area (Å²) >= 11 is 0. The summed E-state index contributed by atoms with van der Waals surface area (Å²) in [6.45, 7) is 0.955. The van der Waals surface area contributed by atoms with Crippen LogP contribution in [0.1, 0.15) is 21.6 Å². The van der Waals surface area contributed by atoms with Gasteiger partial charge in [-0.25, -0.2) is 0 Å². The highest BCUT2D eigenvalue weighted by molar-refractivity contribution is 5.93. The van der Waals surface area contributed by atoms with Crippen molar-refractivity contribution < 1.29 is 4.79 Å². The van der Waals surface area contributed by atoms with Crippen LogP contribution in [0, 0.1) is 0 Å². The maximum atomic E-state index is 12.2. The van der Waals surface area contributed by atoms with E-state index in [0.29, 0.717) is 30.6 Å². The number of amides is 1. The average Bonchev–Trinajstić information content (AvgIpc) is 2.80. The maximum Gasteiger partial charge on any atom is 0.269 e. The molecule has 0 fully saturated rings. The van der Waals surface area contributed by atoms with Crippen molar-refractivity contribution in [1.82, 2.24) is 20.1 Å². The van der Waals surface area contributed by atoms with Gasteiger partial charge in [-0.15, -0.1) is 0 Å². The van der Waals surface area contributed by atoms with Gasteiger partial charge in [0.2, 0.25) is 0 Å². The molecule has 6 heteroatoms.